The predicted octanol–water partition coefficient (Wildman–Crippen LogP) is 3.13. The van der Waals surface area contributed by atoms with Gasteiger partial charge in [0.1, 0.15) is 0 Å². The van der Waals surface area contributed by atoms with Crippen LogP contribution in [0, 0.1) is 11.8 Å². The van der Waals surface area contributed by atoms with Gasteiger partial charge < -0.3 is 10.2 Å². The van der Waals surface area contributed by atoms with E-state index in [0.717, 1.165) is 17.9 Å². The summed E-state index contributed by atoms with van der Waals surface area (Å²) in [5.74, 6) is 1.79. The Labute approximate surface area is 108 Å². The van der Waals surface area contributed by atoms with Gasteiger partial charge in [0.2, 0.25) is 0 Å². The highest BCUT2D eigenvalue weighted by Gasteiger charge is 2.20. The van der Waals surface area contributed by atoms with E-state index in [1.165, 1.54) is 51.7 Å². The van der Waals surface area contributed by atoms with E-state index in [9.17, 15) is 0 Å². The molecule has 2 nitrogen and oxygen atoms in total. The maximum Gasteiger partial charge on any atom is 0.00869 e. The second-order valence-corrected chi connectivity index (χ2v) is 5.82. The van der Waals surface area contributed by atoms with Crippen molar-refractivity contribution < 1.29 is 0 Å². The van der Waals surface area contributed by atoms with Gasteiger partial charge in [0.25, 0.3) is 0 Å². The lowest BCUT2D eigenvalue weighted by atomic mass is 9.85. The molecular weight excluding hydrogens is 208 g/mol. The second kappa shape index (κ2) is 8.10. The first kappa shape index (κ1) is 15.0. The fraction of sp³-hybridized carbons (Fsp3) is 1.00. The summed E-state index contributed by atoms with van der Waals surface area (Å²) in [4.78, 5) is 2.56. The molecule has 102 valence electrons. The Hall–Kier alpha value is -0.0800. The lowest BCUT2D eigenvalue weighted by Crippen LogP contribution is -2.36. The van der Waals surface area contributed by atoms with E-state index < -0.39 is 0 Å². The van der Waals surface area contributed by atoms with Gasteiger partial charge in [-0.25, -0.2) is 0 Å². The quantitative estimate of drug-likeness (QED) is 0.735. The molecule has 1 heterocycles. The minimum Gasteiger partial charge on any atom is -0.316 e. The second-order valence-electron chi connectivity index (χ2n) is 5.82. The van der Waals surface area contributed by atoms with Gasteiger partial charge in [0.15, 0.2) is 0 Å². The molecule has 1 N–H and O–H groups in total. The van der Waals surface area contributed by atoms with Gasteiger partial charge in [0.05, 0.1) is 0 Å². The molecule has 1 aliphatic heterocycles. The molecule has 2 atom stereocenters. The average molecular weight is 240 g/mol. The molecule has 1 aliphatic rings. The lowest BCUT2D eigenvalue weighted by Gasteiger charge is -2.31. The summed E-state index contributed by atoms with van der Waals surface area (Å²) < 4.78 is 0. The van der Waals surface area contributed by atoms with Gasteiger partial charge in [0, 0.05) is 6.04 Å². The first-order valence-corrected chi connectivity index (χ1v) is 7.59. The third kappa shape index (κ3) is 4.97. The molecule has 0 aromatic rings. The molecule has 1 fully saturated rings. The average Bonchev–Trinajstić information content (AvgIpc) is 2.38. The predicted molar refractivity (Wildman–Crippen MR) is 76.4 cm³/mol. The van der Waals surface area contributed by atoms with E-state index in [4.69, 9.17) is 0 Å². The van der Waals surface area contributed by atoms with Gasteiger partial charge in [-0.3, -0.25) is 0 Å². The van der Waals surface area contributed by atoms with E-state index >= 15 is 0 Å². The monoisotopic (exact) mass is 240 g/mol. The highest BCUT2D eigenvalue weighted by molar-refractivity contribution is 4.75. The number of hydrogen-bond acceptors (Lipinski definition) is 2. The summed E-state index contributed by atoms with van der Waals surface area (Å²) >= 11 is 0. The van der Waals surface area contributed by atoms with Crippen molar-refractivity contribution in [1.82, 2.24) is 10.2 Å². The van der Waals surface area contributed by atoms with Crippen LogP contribution < -0.4 is 5.32 Å². The van der Waals surface area contributed by atoms with Gasteiger partial charge in [-0.15, -0.1) is 0 Å². The van der Waals surface area contributed by atoms with Crippen molar-refractivity contribution in [3.05, 3.63) is 0 Å². The number of piperidine rings is 1. The van der Waals surface area contributed by atoms with Gasteiger partial charge in [-0.1, -0.05) is 20.8 Å². The van der Waals surface area contributed by atoms with Crippen molar-refractivity contribution in [2.24, 2.45) is 11.8 Å². The normalized spacial score (nSPS) is 23.3. The van der Waals surface area contributed by atoms with Gasteiger partial charge >= 0.3 is 0 Å². The Balaban J connectivity index is 2.23. The third-order valence-corrected chi connectivity index (χ3v) is 4.64. The van der Waals surface area contributed by atoms with Crippen molar-refractivity contribution >= 4 is 0 Å². The van der Waals surface area contributed by atoms with Crippen LogP contribution >= 0.6 is 0 Å². The minimum absolute atomic E-state index is 0.784. The number of rotatable bonds is 7. The van der Waals surface area contributed by atoms with Crippen LogP contribution in [0.1, 0.15) is 52.9 Å². The molecule has 17 heavy (non-hydrogen) atoms. The van der Waals surface area contributed by atoms with Crippen molar-refractivity contribution in [2.45, 2.75) is 58.9 Å². The number of hydrogen-bond donors (Lipinski definition) is 1. The molecule has 0 aliphatic carbocycles. The van der Waals surface area contributed by atoms with Crippen LogP contribution in [0.25, 0.3) is 0 Å². The lowest BCUT2D eigenvalue weighted by molar-refractivity contribution is 0.190. The summed E-state index contributed by atoms with van der Waals surface area (Å²) in [6.45, 7) is 10.8. The van der Waals surface area contributed by atoms with Crippen LogP contribution in [0.15, 0.2) is 0 Å². The molecule has 0 aromatic carbocycles. The minimum atomic E-state index is 0.784. The first-order chi connectivity index (χ1) is 8.19. The maximum absolute atomic E-state index is 3.53. The maximum atomic E-state index is 3.53. The van der Waals surface area contributed by atoms with Crippen molar-refractivity contribution in [1.29, 1.82) is 0 Å². The van der Waals surface area contributed by atoms with Crippen LogP contribution in [0.3, 0.4) is 0 Å². The highest BCUT2D eigenvalue weighted by atomic mass is 15.1. The molecule has 0 saturated carbocycles. The van der Waals surface area contributed by atoms with Crippen molar-refractivity contribution in [2.75, 3.05) is 26.7 Å². The molecule has 0 aromatic heterocycles. The largest absolute Gasteiger partial charge is 0.316 e. The standard InChI is InChI=1S/C15H32N2/c1-5-15(6-2)17(4)11-9-13(3)14-8-7-10-16-12-14/h13-16H,5-12H2,1-4H3. The molecule has 0 radical (unpaired) electrons. The van der Waals surface area contributed by atoms with Crippen molar-refractivity contribution in [3.8, 4) is 0 Å². The summed E-state index contributed by atoms with van der Waals surface area (Å²) in [6, 6.07) is 0.784. The zero-order chi connectivity index (χ0) is 12.7. The Bertz CT molecular complexity index is 183. The molecule has 1 rings (SSSR count). The molecule has 0 bridgehead atoms. The van der Waals surface area contributed by atoms with Crippen LogP contribution in [0.5, 0.6) is 0 Å². The Morgan fingerprint density at radius 3 is 2.53 bits per heavy atom. The summed E-state index contributed by atoms with van der Waals surface area (Å²) in [7, 11) is 2.30. The van der Waals surface area contributed by atoms with E-state index in [1.54, 1.807) is 0 Å². The van der Waals surface area contributed by atoms with Crippen LogP contribution in [-0.2, 0) is 0 Å². The molecule has 0 amide bonds. The van der Waals surface area contributed by atoms with Gasteiger partial charge in [-0.05, 0) is 70.6 Å². The molecule has 2 heteroatoms. The fourth-order valence-electron chi connectivity index (χ4n) is 3.10. The Morgan fingerprint density at radius 1 is 1.29 bits per heavy atom. The molecule has 2 unspecified atom stereocenters. The topological polar surface area (TPSA) is 15.3 Å². The van der Waals surface area contributed by atoms with E-state index in [1.807, 2.05) is 0 Å². The SMILES string of the molecule is CCC(CC)N(C)CCC(C)C1CCCNC1. The van der Waals surface area contributed by atoms with Crippen LogP contribution in [0.2, 0.25) is 0 Å². The van der Waals surface area contributed by atoms with Crippen molar-refractivity contribution in [3.63, 3.8) is 0 Å². The first-order valence-electron chi connectivity index (χ1n) is 7.59. The van der Waals surface area contributed by atoms with Crippen LogP contribution in [-0.4, -0.2) is 37.6 Å². The third-order valence-electron chi connectivity index (χ3n) is 4.64. The Kier molecular flexibility index (Phi) is 7.14. The zero-order valence-electron chi connectivity index (χ0n) is 12.3. The molecular formula is C15H32N2. The number of nitrogens with one attached hydrogen (secondary N) is 1. The number of nitrogens with zero attached hydrogens (tertiary/aromatic N) is 1. The smallest absolute Gasteiger partial charge is 0.00869 e. The van der Waals surface area contributed by atoms with E-state index in [2.05, 4.69) is 38.0 Å². The highest BCUT2D eigenvalue weighted by Crippen LogP contribution is 2.23. The van der Waals surface area contributed by atoms with Gasteiger partial charge in [-0.2, -0.15) is 0 Å². The summed E-state index contributed by atoms with van der Waals surface area (Å²) in [5, 5.41) is 3.53. The molecule has 1 saturated heterocycles. The molecule has 0 spiro atoms. The van der Waals surface area contributed by atoms with E-state index in [0.29, 0.717) is 0 Å². The zero-order valence-corrected chi connectivity index (χ0v) is 12.3. The van der Waals surface area contributed by atoms with E-state index in [-0.39, 0.29) is 0 Å². The van der Waals surface area contributed by atoms with Crippen LogP contribution in [0.4, 0.5) is 0 Å². The Morgan fingerprint density at radius 2 is 2.00 bits per heavy atom. The fourth-order valence-corrected chi connectivity index (χ4v) is 3.10. The summed E-state index contributed by atoms with van der Waals surface area (Å²) in [6.07, 6.45) is 6.73. The summed E-state index contributed by atoms with van der Waals surface area (Å²) in [5.41, 5.74) is 0.